The van der Waals surface area contributed by atoms with Crippen LogP contribution in [0.25, 0.3) is 0 Å². The summed E-state index contributed by atoms with van der Waals surface area (Å²) < 4.78 is 0. The molecular weight excluding hydrogens is 288 g/mol. The van der Waals surface area contributed by atoms with Crippen LogP contribution < -0.4 is 5.32 Å². The molecule has 1 saturated heterocycles. The van der Waals surface area contributed by atoms with Crippen LogP contribution in [0.2, 0.25) is 0 Å². The van der Waals surface area contributed by atoms with Gasteiger partial charge < -0.3 is 10.4 Å². The molecule has 4 nitrogen and oxygen atoms in total. The van der Waals surface area contributed by atoms with Gasteiger partial charge in [0.05, 0.1) is 12.0 Å². The molecule has 3 atom stereocenters. The van der Waals surface area contributed by atoms with E-state index in [1.165, 1.54) is 12.8 Å². The molecule has 1 aromatic carbocycles. The zero-order valence-corrected chi connectivity index (χ0v) is 14.6. The Bertz CT molecular complexity index is 501. The smallest absolute Gasteiger partial charge is 0.223 e. The van der Waals surface area contributed by atoms with Crippen LogP contribution in [0.3, 0.4) is 0 Å². The fraction of sp³-hybridized carbons (Fsp3) is 0.632. The second kappa shape index (κ2) is 7.93. The normalized spacial score (nSPS) is 23.0. The summed E-state index contributed by atoms with van der Waals surface area (Å²) in [5.41, 5.74) is -0.359. The lowest BCUT2D eigenvalue weighted by atomic mass is 9.92. The maximum atomic E-state index is 12.2. The Kier molecular flexibility index (Phi) is 6.19. The predicted octanol–water partition coefficient (Wildman–Crippen LogP) is 2.52. The number of carbonyl (C=O) groups is 1. The highest BCUT2D eigenvalue weighted by molar-refractivity contribution is 5.77. The third-order valence-corrected chi connectivity index (χ3v) is 4.81. The van der Waals surface area contributed by atoms with Crippen molar-refractivity contribution in [2.75, 3.05) is 19.6 Å². The number of carbonyl (C=O) groups excluding carboxylic acids is 1. The van der Waals surface area contributed by atoms with Gasteiger partial charge >= 0.3 is 0 Å². The van der Waals surface area contributed by atoms with Crippen molar-refractivity contribution in [3.63, 3.8) is 0 Å². The summed E-state index contributed by atoms with van der Waals surface area (Å²) in [6, 6.07) is 9.70. The third-order valence-electron chi connectivity index (χ3n) is 4.81. The van der Waals surface area contributed by atoms with Gasteiger partial charge in [-0.25, -0.2) is 0 Å². The molecule has 1 aliphatic rings. The first-order valence-electron chi connectivity index (χ1n) is 8.67. The minimum absolute atomic E-state index is 0.0835. The molecule has 0 aromatic heterocycles. The molecule has 1 aliphatic heterocycles. The number of piperidine rings is 1. The van der Waals surface area contributed by atoms with E-state index >= 15 is 0 Å². The van der Waals surface area contributed by atoms with E-state index in [4.69, 9.17) is 0 Å². The van der Waals surface area contributed by atoms with Crippen molar-refractivity contribution in [1.29, 1.82) is 0 Å². The molecule has 128 valence electrons. The molecule has 0 aliphatic carbocycles. The van der Waals surface area contributed by atoms with Crippen LogP contribution in [0, 0.1) is 5.92 Å². The summed E-state index contributed by atoms with van der Waals surface area (Å²) in [6.07, 6.45) is 2.62. The van der Waals surface area contributed by atoms with Crippen molar-refractivity contribution < 1.29 is 9.90 Å². The molecule has 2 N–H and O–H groups in total. The van der Waals surface area contributed by atoms with Gasteiger partial charge in [-0.15, -0.1) is 0 Å². The number of benzene rings is 1. The third kappa shape index (κ3) is 5.33. The van der Waals surface area contributed by atoms with Crippen LogP contribution in [-0.2, 0) is 10.4 Å². The predicted molar refractivity (Wildman–Crippen MR) is 93.1 cm³/mol. The number of hydrogen-bond acceptors (Lipinski definition) is 3. The van der Waals surface area contributed by atoms with Crippen molar-refractivity contribution in [2.45, 2.75) is 51.7 Å². The molecular formula is C19H30N2O2. The summed E-state index contributed by atoms with van der Waals surface area (Å²) in [5.74, 6) is 0.636. The second-order valence-electron chi connectivity index (χ2n) is 7.21. The van der Waals surface area contributed by atoms with Crippen molar-refractivity contribution >= 4 is 5.91 Å². The maximum absolute atomic E-state index is 12.2. The standard InChI is InChI=1S/C19H30N2O2/c1-15-8-7-11-21(14-15)16(2)13-20-18(22)12-19(3,23)17-9-5-4-6-10-17/h4-6,9-10,15-16,23H,7-8,11-14H2,1-3H3,(H,20,22). The Morgan fingerprint density at radius 2 is 2.13 bits per heavy atom. The van der Waals surface area contributed by atoms with Gasteiger partial charge in [-0.05, 0) is 44.7 Å². The highest BCUT2D eigenvalue weighted by Crippen LogP contribution is 2.24. The van der Waals surface area contributed by atoms with Crippen LogP contribution in [0.15, 0.2) is 30.3 Å². The quantitative estimate of drug-likeness (QED) is 0.847. The Morgan fingerprint density at radius 1 is 1.43 bits per heavy atom. The molecule has 3 unspecified atom stereocenters. The average Bonchev–Trinajstić information content (AvgIpc) is 2.53. The SMILES string of the molecule is CC1CCCN(C(C)CNC(=O)CC(C)(O)c2ccccc2)C1. The average molecular weight is 318 g/mol. The van der Waals surface area contributed by atoms with E-state index in [0.717, 1.165) is 24.6 Å². The fourth-order valence-corrected chi connectivity index (χ4v) is 3.29. The Labute approximate surface area is 139 Å². The zero-order chi connectivity index (χ0) is 16.9. The summed E-state index contributed by atoms with van der Waals surface area (Å²) in [5, 5.41) is 13.5. The Balaban J connectivity index is 1.80. The lowest BCUT2D eigenvalue weighted by molar-refractivity contribution is -0.126. The topological polar surface area (TPSA) is 52.6 Å². The number of nitrogens with zero attached hydrogens (tertiary/aromatic N) is 1. The molecule has 23 heavy (non-hydrogen) atoms. The van der Waals surface area contributed by atoms with Gasteiger partial charge in [0.1, 0.15) is 0 Å². The van der Waals surface area contributed by atoms with E-state index < -0.39 is 5.60 Å². The molecule has 4 heteroatoms. The molecule has 0 saturated carbocycles. The highest BCUT2D eigenvalue weighted by Gasteiger charge is 2.27. The molecule has 0 radical (unpaired) electrons. The van der Waals surface area contributed by atoms with Gasteiger partial charge in [0.25, 0.3) is 0 Å². The largest absolute Gasteiger partial charge is 0.385 e. The van der Waals surface area contributed by atoms with Crippen LogP contribution >= 0.6 is 0 Å². The molecule has 0 bridgehead atoms. The van der Waals surface area contributed by atoms with Gasteiger partial charge in [0, 0.05) is 19.1 Å². The molecule has 1 aromatic rings. The fourth-order valence-electron chi connectivity index (χ4n) is 3.29. The number of nitrogens with one attached hydrogen (secondary N) is 1. The van der Waals surface area contributed by atoms with E-state index in [0.29, 0.717) is 12.6 Å². The molecule has 0 spiro atoms. The minimum Gasteiger partial charge on any atom is -0.385 e. The van der Waals surface area contributed by atoms with E-state index in [1.807, 2.05) is 30.3 Å². The number of aliphatic hydroxyl groups is 1. The van der Waals surface area contributed by atoms with Gasteiger partial charge in [-0.2, -0.15) is 0 Å². The number of rotatable bonds is 6. The lowest BCUT2D eigenvalue weighted by Crippen LogP contribution is -2.46. The summed E-state index contributed by atoms with van der Waals surface area (Å²) in [4.78, 5) is 14.6. The van der Waals surface area contributed by atoms with Crippen LogP contribution in [0.4, 0.5) is 0 Å². The first kappa shape index (κ1) is 18.0. The number of amides is 1. The minimum atomic E-state index is -1.13. The summed E-state index contributed by atoms with van der Waals surface area (Å²) in [6.45, 7) is 9.00. The van der Waals surface area contributed by atoms with Crippen molar-refractivity contribution in [2.24, 2.45) is 5.92 Å². The number of hydrogen-bond donors (Lipinski definition) is 2. The molecule has 1 heterocycles. The van der Waals surface area contributed by atoms with Gasteiger partial charge in [0.15, 0.2) is 0 Å². The molecule has 2 rings (SSSR count). The Morgan fingerprint density at radius 3 is 2.78 bits per heavy atom. The first-order valence-corrected chi connectivity index (χ1v) is 8.67. The van der Waals surface area contributed by atoms with Crippen LogP contribution in [-0.4, -0.2) is 41.6 Å². The maximum Gasteiger partial charge on any atom is 0.223 e. The Hall–Kier alpha value is -1.39. The second-order valence-corrected chi connectivity index (χ2v) is 7.21. The van der Waals surface area contributed by atoms with Gasteiger partial charge in [-0.3, -0.25) is 9.69 Å². The van der Waals surface area contributed by atoms with E-state index in [1.54, 1.807) is 6.92 Å². The van der Waals surface area contributed by atoms with Crippen molar-refractivity contribution in [3.05, 3.63) is 35.9 Å². The molecule has 1 fully saturated rings. The van der Waals surface area contributed by atoms with E-state index in [-0.39, 0.29) is 12.3 Å². The van der Waals surface area contributed by atoms with Crippen LogP contribution in [0.5, 0.6) is 0 Å². The van der Waals surface area contributed by atoms with Gasteiger partial charge in [0.2, 0.25) is 5.91 Å². The lowest BCUT2D eigenvalue weighted by Gasteiger charge is -2.35. The highest BCUT2D eigenvalue weighted by atomic mass is 16.3. The van der Waals surface area contributed by atoms with E-state index in [2.05, 4.69) is 24.1 Å². The summed E-state index contributed by atoms with van der Waals surface area (Å²) in [7, 11) is 0. The number of likely N-dealkylation sites (tertiary alicyclic amines) is 1. The first-order chi connectivity index (χ1) is 10.9. The monoisotopic (exact) mass is 318 g/mol. The van der Waals surface area contributed by atoms with Crippen LogP contribution in [0.1, 0.15) is 45.6 Å². The summed E-state index contributed by atoms with van der Waals surface area (Å²) >= 11 is 0. The van der Waals surface area contributed by atoms with Gasteiger partial charge in [-0.1, -0.05) is 37.3 Å². The van der Waals surface area contributed by atoms with Crippen molar-refractivity contribution in [3.8, 4) is 0 Å². The molecule has 1 amide bonds. The zero-order valence-electron chi connectivity index (χ0n) is 14.6. The van der Waals surface area contributed by atoms with Crippen molar-refractivity contribution in [1.82, 2.24) is 10.2 Å². The van der Waals surface area contributed by atoms with E-state index in [9.17, 15) is 9.90 Å².